The average molecular weight is 428 g/mol. The zero-order valence-corrected chi connectivity index (χ0v) is 16.9. The second-order valence-corrected chi connectivity index (χ2v) is 7.88. The lowest BCUT2D eigenvalue weighted by Crippen LogP contribution is -2.23. The number of halogens is 2. The van der Waals surface area contributed by atoms with Gasteiger partial charge in [0.1, 0.15) is 5.82 Å². The van der Waals surface area contributed by atoms with E-state index in [1.807, 2.05) is 35.0 Å². The first-order valence-electron chi connectivity index (χ1n) is 8.73. The molecule has 0 fully saturated rings. The molecule has 1 N–H and O–H groups in total. The number of thioether (sulfide) groups is 1. The predicted molar refractivity (Wildman–Crippen MR) is 114 cm³/mol. The van der Waals surface area contributed by atoms with E-state index in [1.165, 1.54) is 13.0 Å². The summed E-state index contributed by atoms with van der Waals surface area (Å²) in [7, 11) is 0. The maximum absolute atomic E-state index is 14.3. The van der Waals surface area contributed by atoms with Crippen LogP contribution in [0.1, 0.15) is 18.1 Å². The molecule has 2 heterocycles. The van der Waals surface area contributed by atoms with Gasteiger partial charge in [-0.05, 0) is 36.0 Å². The maximum Gasteiger partial charge on any atom is 0.286 e. The quantitative estimate of drug-likeness (QED) is 0.622. The molecule has 0 atom stereocenters. The van der Waals surface area contributed by atoms with Crippen molar-refractivity contribution in [2.24, 2.45) is 4.99 Å². The van der Waals surface area contributed by atoms with Crippen LogP contribution in [-0.4, -0.2) is 21.5 Å². The number of rotatable bonds is 3. The average Bonchev–Trinajstić information content (AvgIpc) is 3.18. The summed E-state index contributed by atoms with van der Waals surface area (Å²) in [5, 5.41) is 4.06. The molecule has 0 radical (unpaired) electrons. The van der Waals surface area contributed by atoms with Crippen molar-refractivity contribution in [3.8, 4) is 0 Å². The van der Waals surface area contributed by atoms with Gasteiger partial charge in [-0.25, -0.2) is 4.39 Å². The van der Waals surface area contributed by atoms with Gasteiger partial charge < -0.3 is 9.88 Å². The normalized spacial score (nSPS) is 15.2. The lowest BCUT2D eigenvalue weighted by atomic mass is 10.1. The van der Waals surface area contributed by atoms with Gasteiger partial charge in [0.25, 0.3) is 5.91 Å². The SMILES string of the molecule is CC(=O)NC1=NC(=O)C(=Cc2cn(Cc3c(F)cccc3Cl)c3ccccc23)S1. The van der Waals surface area contributed by atoms with E-state index >= 15 is 0 Å². The minimum Gasteiger partial charge on any atom is -0.342 e. The Kier molecular flexibility index (Phi) is 5.25. The molecule has 2 aromatic carbocycles. The van der Waals surface area contributed by atoms with Crippen LogP contribution in [0.15, 0.2) is 58.6 Å². The first-order valence-corrected chi connectivity index (χ1v) is 9.93. The Labute approximate surface area is 175 Å². The number of aromatic nitrogens is 1. The van der Waals surface area contributed by atoms with Crippen LogP contribution >= 0.6 is 23.4 Å². The van der Waals surface area contributed by atoms with Gasteiger partial charge in [-0.2, -0.15) is 4.99 Å². The summed E-state index contributed by atoms with van der Waals surface area (Å²) in [6, 6.07) is 12.3. The van der Waals surface area contributed by atoms with Crippen molar-refractivity contribution >= 4 is 57.3 Å². The number of carbonyl (C=O) groups is 2. The molecule has 146 valence electrons. The number of amidine groups is 1. The summed E-state index contributed by atoms with van der Waals surface area (Å²) in [4.78, 5) is 27.6. The molecule has 0 saturated heterocycles. The summed E-state index contributed by atoms with van der Waals surface area (Å²) >= 11 is 7.30. The van der Waals surface area contributed by atoms with E-state index in [-0.39, 0.29) is 23.4 Å². The van der Waals surface area contributed by atoms with Crippen LogP contribution in [0.4, 0.5) is 4.39 Å². The molecule has 0 spiro atoms. The summed E-state index contributed by atoms with van der Waals surface area (Å²) in [5.41, 5.74) is 2.08. The van der Waals surface area contributed by atoms with Gasteiger partial charge in [-0.1, -0.05) is 35.9 Å². The molecule has 4 rings (SSSR count). The molecule has 29 heavy (non-hydrogen) atoms. The van der Waals surface area contributed by atoms with Crippen LogP contribution in [-0.2, 0) is 16.1 Å². The molecule has 1 aliphatic heterocycles. The van der Waals surface area contributed by atoms with Crippen molar-refractivity contribution in [1.29, 1.82) is 0 Å². The summed E-state index contributed by atoms with van der Waals surface area (Å²) < 4.78 is 16.2. The number of fused-ring (bicyclic) bond motifs is 1. The summed E-state index contributed by atoms with van der Waals surface area (Å²) in [6.45, 7) is 1.61. The largest absolute Gasteiger partial charge is 0.342 e. The van der Waals surface area contributed by atoms with E-state index < -0.39 is 5.91 Å². The van der Waals surface area contributed by atoms with Gasteiger partial charge in [-0.15, -0.1) is 0 Å². The van der Waals surface area contributed by atoms with Crippen LogP contribution in [0.3, 0.4) is 0 Å². The Bertz CT molecular complexity index is 1200. The Morgan fingerprint density at radius 1 is 1.28 bits per heavy atom. The molecular weight excluding hydrogens is 413 g/mol. The first kappa shape index (κ1) is 19.4. The molecule has 0 aliphatic carbocycles. The minimum atomic E-state index is -0.410. The van der Waals surface area contributed by atoms with E-state index in [0.717, 1.165) is 28.2 Å². The van der Waals surface area contributed by atoms with E-state index in [4.69, 9.17) is 11.6 Å². The number of aliphatic imine (C=N–C) groups is 1. The topological polar surface area (TPSA) is 63.5 Å². The fourth-order valence-electron chi connectivity index (χ4n) is 3.13. The fraction of sp³-hybridized carbons (Fsp3) is 0.0952. The number of hydrogen-bond donors (Lipinski definition) is 1. The van der Waals surface area contributed by atoms with Gasteiger partial charge in [-0.3, -0.25) is 9.59 Å². The maximum atomic E-state index is 14.3. The number of nitrogens with zero attached hydrogens (tertiary/aromatic N) is 2. The Balaban J connectivity index is 1.72. The van der Waals surface area contributed by atoms with Gasteiger partial charge >= 0.3 is 0 Å². The third-order valence-corrected chi connectivity index (χ3v) is 5.65. The molecule has 3 aromatic rings. The number of amides is 2. The highest BCUT2D eigenvalue weighted by atomic mass is 35.5. The van der Waals surface area contributed by atoms with Gasteiger partial charge in [0, 0.05) is 40.2 Å². The van der Waals surface area contributed by atoms with Gasteiger partial charge in [0.05, 0.1) is 11.4 Å². The number of benzene rings is 2. The highest BCUT2D eigenvalue weighted by Crippen LogP contribution is 2.31. The summed E-state index contributed by atoms with van der Waals surface area (Å²) in [6.07, 6.45) is 3.58. The Hall–Kier alpha value is -2.90. The first-order chi connectivity index (χ1) is 13.9. The third kappa shape index (κ3) is 3.97. The van der Waals surface area contributed by atoms with E-state index in [0.29, 0.717) is 15.5 Å². The lowest BCUT2D eigenvalue weighted by Gasteiger charge is -2.08. The second-order valence-electron chi connectivity index (χ2n) is 6.44. The lowest BCUT2D eigenvalue weighted by molar-refractivity contribution is -0.117. The van der Waals surface area contributed by atoms with Crippen molar-refractivity contribution in [2.45, 2.75) is 13.5 Å². The fourth-order valence-corrected chi connectivity index (χ4v) is 4.20. The number of para-hydroxylation sites is 1. The van der Waals surface area contributed by atoms with Crippen molar-refractivity contribution < 1.29 is 14.0 Å². The smallest absolute Gasteiger partial charge is 0.286 e. The zero-order valence-electron chi connectivity index (χ0n) is 15.3. The van der Waals surface area contributed by atoms with Crippen LogP contribution in [0.25, 0.3) is 17.0 Å². The molecule has 2 amide bonds. The molecule has 1 aromatic heterocycles. The van der Waals surface area contributed by atoms with Crippen LogP contribution in [0.2, 0.25) is 5.02 Å². The van der Waals surface area contributed by atoms with E-state index in [9.17, 15) is 14.0 Å². The molecule has 0 unspecified atom stereocenters. The third-order valence-electron chi connectivity index (χ3n) is 4.40. The van der Waals surface area contributed by atoms with Crippen molar-refractivity contribution in [1.82, 2.24) is 9.88 Å². The minimum absolute atomic E-state index is 0.254. The second kappa shape index (κ2) is 7.85. The monoisotopic (exact) mass is 427 g/mol. The van der Waals surface area contributed by atoms with E-state index in [1.54, 1.807) is 18.2 Å². The number of nitrogens with one attached hydrogen (secondary N) is 1. The molecule has 5 nitrogen and oxygen atoms in total. The van der Waals surface area contributed by atoms with Crippen molar-refractivity contribution in [3.63, 3.8) is 0 Å². The zero-order chi connectivity index (χ0) is 20.5. The highest BCUT2D eigenvalue weighted by molar-refractivity contribution is 8.18. The predicted octanol–water partition coefficient (Wildman–Crippen LogP) is 4.59. The number of carbonyl (C=O) groups excluding carboxylic acids is 2. The van der Waals surface area contributed by atoms with Crippen LogP contribution < -0.4 is 5.32 Å². The van der Waals surface area contributed by atoms with Gasteiger partial charge in [0.15, 0.2) is 5.17 Å². The standard InChI is InChI=1S/C21H15ClFN3O2S/c1-12(27)24-21-25-20(28)19(29-21)9-13-10-26(18-8-3-2-5-14(13)18)11-15-16(22)6-4-7-17(15)23/h2-10H,11H2,1H3,(H,24,25,27,28). The molecule has 1 aliphatic rings. The molecule has 0 saturated carbocycles. The highest BCUT2D eigenvalue weighted by Gasteiger charge is 2.23. The molecular formula is C21H15ClFN3O2S. The number of hydrogen-bond acceptors (Lipinski definition) is 3. The molecule has 8 heteroatoms. The summed E-state index contributed by atoms with van der Waals surface area (Å²) in [5.74, 6) is -1.07. The van der Waals surface area contributed by atoms with Crippen LogP contribution in [0, 0.1) is 5.82 Å². The van der Waals surface area contributed by atoms with Crippen molar-refractivity contribution in [3.05, 3.63) is 75.5 Å². The van der Waals surface area contributed by atoms with Crippen LogP contribution in [0.5, 0.6) is 0 Å². The molecule has 0 bridgehead atoms. The Morgan fingerprint density at radius 3 is 2.83 bits per heavy atom. The van der Waals surface area contributed by atoms with E-state index in [2.05, 4.69) is 10.3 Å². The van der Waals surface area contributed by atoms with Crippen molar-refractivity contribution in [2.75, 3.05) is 0 Å². The Morgan fingerprint density at radius 2 is 2.07 bits per heavy atom. The van der Waals surface area contributed by atoms with Gasteiger partial charge in [0.2, 0.25) is 5.91 Å².